The highest BCUT2D eigenvalue weighted by Gasteiger charge is 2.22. The number of ether oxygens (including phenoxy) is 1. The minimum atomic E-state index is -0.993. The number of carboxylic acid groups (broad SMARTS) is 1. The predicted molar refractivity (Wildman–Crippen MR) is 73.4 cm³/mol. The van der Waals surface area contributed by atoms with E-state index in [1.165, 1.54) is 0 Å². The second-order valence-electron chi connectivity index (χ2n) is 4.44. The zero-order chi connectivity index (χ0) is 13.8. The van der Waals surface area contributed by atoms with Crippen molar-refractivity contribution in [3.8, 4) is 5.75 Å². The van der Waals surface area contributed by atoms with E-state index in [0.29, 0.717) is 11.3 Å². The molecule has 0 aromatic heterocycles. The molecule has 0 bridgehead atoms. The van der Waals surface area contributed by atoms with E-state index < -0.39 is 12.1 Å². The number of hydrogen-bond acceptors (Lipinski definition) is 2. The van der Waals surface area contributed by atoms with Gasteiger partial charge in [0.15, 0.2) is 0 Å². The topological polar surface area (TPSA) is 46.5 Å². The SMILES string of the molecule is Cc1cccc(OC(C(=O)O)c2ccccc2)c1C. The number of carbonyl (C=O) groups is 1. The molecule has 1 unspecified atom stereocenters. The maximum absolute atomic E-state index is 11.4. The van der Waals surface area contributed by atoms with Crippen LogP contribution in [-0.4, -0.2) is 11.1 Å². The highest BCUT2D eigenvalue weighted by atomic mass is 16.5. The quantitative estimate of drug-likeness (QED) is 0.910. The number of hydrogen-bond donors (Lipinski definition) is 1. The third-order valence-corrected chi connectivity index (χ3v) is 3.13. The Labute approximate surface area is 112 Å². The summed E-state index contributed by atoms with van der Waals surface area (Å²) in [6, 6.07) is 14.6. The summed E-state index contributed by atoms with van der Waals surface area (Å²) >= 11 is 0. The van der Waals surface area contributed by atoms with E-state index in [-0.39, 0.29) is 0 Å². The van der Waals surface area contributed by atoms with Crippen LogP contribution in [-0.2, 0) is 4.79 Å². The van der Waals surface area contributed by atoms with Crippen LogP contribution >= 0.6 is 0 Å². The maximum atomic E-state index is 11.4. The van der Waals surface area contributed by atoms with Gasteiger partial charge in [0, 0.05) is 5.56 Å². The number of aliphatic carboxylic acids is 1. The lowest BCUT2D eigenvalue weighted by molar-refractivity contribution is -0.145. The Kier molecular flexibility index (Phi) is 3.85. The molecule has 0 radical (unpaired) electrons. The van der Waals surface area contributed by atoms with Crippen molar-refractivity contribution in [2.75, 3.05) is 0 Å². The molecule has 0 spiro atoms. The third kappa shape index (κ3) is 2.94. The molecule has 1 atom stereocenters. The summed E-state index contributed by atoms with van der Waals surface area (Å²) in [7, 11) is 0. The predicted octanol–water partition coefficient (Wildman–Crippen LogP) is 3.51. The average Bonchev–Trinajstić information content (AvgIpc) is 2.41. The standard InChI is InChI=1S/C16H16O3/c1-11-7-6-10-14(12(11)2)19-15(16(17)18)13-8-4-3-5-9-13/h3-10,15H,1-2H3,(H,17,18). The average molecular weight is 256 g/mol. The summed E-state index contributed by atoms with van der Waals surface area (Å²) in [5.41, 5.74) is 2.68. The van der Waals surface area contributed by atoms with Gasteiger partial charge in [0.2, 0.25) is 6.10 Å². The summed E-state index contributed by atoms with van der Waals surface area (Å²) in [4.78, 5) is 11.4. The van der Waals surface area contributed by atoms with Gasteiger partial charge in [-0.25, -0.2) is 4.79 Å². The highest BCUT2D eigenvalue weighted by molar-refractivity contribution is 5.75. The van der Waals surface area contributed by atoms with Gasteiger partial charge in [0.05, 0.1) is 0 Å². The van der Waals surface area contributed by atoms with Gasteiger partial charge in [-0.2, -0.15) is 0 Å². The van der Waals surface area contributed by atoms with E-state index in [1.807, 2.05) is 32.0 Å². The third-order valence-electron chi connectivity index (χ3n) is 3.13. The Morgan fingerprint density at radius 1 is 1.05 bits per heavy atom. The lowest BCUT2D eigenvalue weighted by atomic mass is 10.1. The molecule has 1 N–H and O–H groups in total. The van der Waals surface area contributed by atoms with Gasteiger partial charge in [-0.15, -0.1) is 0 Å². The molecular weight excluding hydrogens is 240 g/mol. The van der Waals surface area contributed by atoms with E-state index in [1.54, 1.807) is 30.3 Å². The maximum Gasteiger partial charge on any atom is 0.349 e. The number of benzene rings is 2. The molecule has 3 nitrogen and oxygen atoms in total. The molecule has 19 heavy (non-hydrogen) atoms. The van der Waals surface area contributed by atoms with Crippen molar-refractivity contribution in [3.63, 3.8) is 0 Å². The van der Waals surface area contributed by atoms with Crippen LogP contribution in [0.2, 0.25) is 0 Å². The number of aryl methyl sites for hydroxylation is 1. The first-order chi connectivity index (χ1) is 9.09. The normalized spacial score (nSPS) is 11.9. The molecule has 0 aliphatic carbocycles. The van der Waals surface area contributed by atoms with Gasteiger partial charge >= 0.3 is 5.97 Å². The summed E-state index contributed by atoms with van der Waals surface area (Å²) in [5, 5.41) is 9.32. The van der Waals surface area contributed by atoms with Crippen molar-refractivity contribution in [2.24, 2.45) is 0 Å². The van der Waals surface area contributed by atoms with Crippen LogP contribution in [0.15, 0.2) is 48.5 Å². The van der Waals surface area contributed by atoms with Crippen molar-refractivity contribution in [2.45, 2.75) is 20.0 Å². The fourth-order valence-corrected chi connectivity index (χ4v) is 1.87. The van der Waals surface area contributed by atoms with E-state index in [0.717, 1.165) is 11.1 Å². The van der Waals surface area contributed by atoms with Crippen molar-refractivity contribution in [1.82, 2.24) is 0 Å². The Bertz CT molecular complexity index is 576. The largest absolute Gasteiger partial charge is 0.478 e. The van der Waals surface area contributed by atoms with Crippen LogP contribution in [0.25, 0.3) is 0 Å². The van der Waals surface area contributed by atoms with E-state index >= 15 is 0 Å². The zero-order valence-electron chi connectivity index (χ0n) is 11.0. The van der Waals surface area contributed by atoms with Crippen LogP contribution in [0.3, 0.4) is 0 Å². The van der Waals surface area contributed by atoms with Crippen molar-refractivity contribution in [1.29, 1.82) is 0 Å². The van der Waals surface area contributed by atoms with Gasteiger partial charge in [0.25, 0.3) is 0 Å². The molecular formula is C16H16O3. The molecule has 0 saturated heterocycles. The van der Waals surface area contributed by atoms with Gasteiger partial charge in [0.1, 0.15) is 5.75 Å². The molecule has 0 fully saturated rings. The molecule has 2 aromatic carbocycles. The molecule has 2 aromatic rings. The van der Waals surface area contributed by atoms with Gasteiger partial charge < -0.3 is 9.84 Å². The van der Waals surface area contributed by atoms with Crippen LogP contribution < -0.4 is 4.74 Å². The molecule has 2 rings (SSSR count). The van der Waals surface area contributed by atoms with Crippen molar-refractivity contribution >= 4 is 5.97 Å². The van der Waals surface area contributed by atoms with Crippen LogP contribution in [0.5, 0.6) is 5.75 Å². The lowest BCUT2D eigenvalue weighted by Crippen LogP contribution is -2.18. The van der Waals surface area contributed by atoms with Gasteiger partial charge in [-0.1, -0.05) is 42.5 Å². The Morgan fingerprint density at radius 3 is 2.37 bits per heavy atom. The molecule has 0 amide bonds. The van der Waals surface area contributed by atoms with Gasteiger partial charge in [-0.3, -0.25) is 0 Å². The Morgan fingerprint density at radius 2 is 1.74 bits per heavy atom. The van der Waals surface area contributed by atoms with E-state index in [4.69, 9.17) is 4.74 Å². The van der Waals surface area contributed by atoms with E-state index in [2.05, 4.69) is 0 Å². The monoisotopic (exact) mass is 256 g/mol. The number of rotatable bonds is 4. The Hall–Kier alpha value is -2.29. The minimum absolute atomic E-state index is 0.608. The molecule has 98 valence electrons. The summed E-state index contributed by atoms with van der Waals surface area (Å²) < 4.78 is 5.67. The summed E-state index contributed by atoms with van der Waals surface area (Å²) in [5.74, 6) is -0.386. The van der Waals surface area contributed by atoms with Crippen LogP contribution in [0.4, 0.5) is 0 Å². The smallest absolute Gasteiger partial charge is 0.349 e. The minimum Gasteiger partial charge on any atom is -0.478 e. The van der Waals surface area contributed by atoms with E-state index in [9.17, 15) is 9.90 Å². The molecule has 0 heterocycles. The van der Waals surface area contributed by atoms with Crippen LogP contribution in [0.1, 0.15) is 22.8 Å². The highest BCUT2D eigenvalue weighted by Crippen LogP contribution is 2.27. The fourth-order valence-electron chi connectivity index (χ4n) is 1.87. The summed E-state index contributed by atoms with van der Waals surface area (Å²) in [6.07, 6.45) is -0.985. The lowest BCUT2D eigenvalue weighted by Gasteiger charge is -2.17. The molecule has 0 saturated carbocycles. The van der Waals surface area contributed by atoms with Crippen molar-refractivity contribution in [3.05, 3.63) is 65.2 Å². The second kappa shape index (κ2) is 5.57. The fraction of sp³-hybridized carbons (Fsp3) is 0.188. The molecule has 3 heteroatoms. The second-order valence-corrected chi connectivity index (χ2v) is 4.44. The zero-order valence-corrected chi connectivity index (χ0v) is 11.0. The number of carboxylic acids is 1. The first-order valence-electron chi connectivity index (χ1n) is 6.10. The summed E-state index contributed by atoms with van der Waals surface area (Å²) in [6.45, 7) is 3.90. The molecule has 0 aliphatic rings. The van der Waals surface area contributed by atoms with Crippen molar-refractivity contribution < 1.29 is 14.6 Å². The molecule has 0 aliphatic heterocycles. The first kappa shape index (κ1) is 13.1. The first-order valence-corrected chi connectivity index (χ1v) is 6.10. The Balaban J connectivity index is 2.32. The van der Waals surface area contributed by atoms with Gasteiger partial charge in [-0.05, 0) is 31.0 Å². The van der Waals surface area contributed by atoms with Crippen LogP contribution in [0, 0.1) is 13.8 Å².